The average molecular weight is 914 g/mol. The summed E-state index contributed by atoms with van der Waals surface area (Å²) in [4.78, 5) is 40.8. The summed E-state index contributed by atoms with van der Waals surface area (Å²) < 4.78 is 2.57. The van der Waals surface area contributed by atoms with Gasteiger partial charge in [-0.15, -0.1) is 0 Å². The summed E-state index contributed by atoms with van der Waals surface area (Å²) in [5.74, 6) is -1.87. The summed E-state index contributed by atoms with van der Waals surface area (Å²) in [6.45, 7) is 7.59. The Morgan fingerprint density at radius 3 is 1.40 bits per heavy atom. The number of hydrogen-bond acceptors (Lipinski definition) is 6. The molecule has 48 heavy (non-hydrogen) atoms. The number of aryl methyl sites for hydroxylation is 3. The minimum Gasteiger partial charge on any atom is -0.481 e. The molecule has 14 heteroatoms. The van der Waals surface area contributed by atoms with Crippen LogP contribution in [0.15, 0.2) is 17.9 Å². The number of nitrogens with one attached hydrogen (secondary N) is 2. The van der Waals surface area contributed by atoms with E-state index >= 15 is 0 Å². The van der Waals surface area contributed by atoms with Crippen molar-refractivity contribution in [3.63, 3.8) is 0 Å². The number of nitrogens with zero attached hydrogens (tertiary/aromatic N) is 2. The number of hydrogen-bond donors (Lipinski definition) is 6. The van der Waals surface area contributed by atoms with E-state index in [4.69, 9.17) is 9.97 Å². The van der Waals surface area contributed by atoms with Crippen LogP contribution in [-0.2, 0) is 22.4 Å². The van der Waals surface area contributed by atoms with Crippen molar-refractivity contribution >= 4 is 120 Å². The number of carboxylic acids is 2. The molecule has 5 rings (SSSR count). The fraction of sp³-hybridized carbons (Fsp3) is 0.353. The minimum atomic E-state index is -0.938. The van der Waals surface area contributed by atoms with Gasteiger partial charge in [-0.2, -0.15) is 0 Å². The zero-order chi connectivity index (χ0) is 35.2. The molecule has 8 bridgehead atoms. The highest BCUT2D eigenvalue weighted by Crippen LogP contribution is 2.45. The van der Waals surface area contributed by atoms with Crippen molar-refractivity contribution in [3.05, 3.63) is 62.9 Å². The first-order chi connectivity index (χ1) is 22.7. The maximum atomic E-state index is 11.7. The Balaban J connectivity index is 2.08. The molecule has 0 aromatic carbocycles. The van der Waals surface area contributed by atoms with Crippen LogP contribution in [0.3, 0.4) is 0 Å². The Hall–Kier alpha value is -2.62. The molecule has 0 fully saturated rings. The lowest BCUT2D eigenvalue weighted by Gasteiger charge is -2.06. The molecule has 0 amide bonds. The van der Waals surface area contributed by atoms with Crippen molar-refractivity contribution in [3.8, 4) is 0 Å². The number of carboxylic acid groups (broad SMARTS) is 2. The number of fused-ring (bicyclic) bond motifs is 8. The Labute approximate surface area is 310 Å². The van der Waals surface area contributed by atoms with Gasteiger partial charge in [-0.1, -0.05) is 0 Å². The third kappa shape index (κ3) is 6.51. The van der Waals surface area contributed by atoms with E-state index in [-0.39, 0.29) is 38.9 Å². The Morgan fingerprint density at radius 1 is 0.562 bits per heavy atom. The highest BCUT2D eigenvalue weighted by atomic mass is 79.9. The molecule has 0 spiro atoms. The number of aromatic amines is 2. The predicted molar refractivity (Wildman–Crippen MR) is 202 cm³/mol. The van der Waals surface area contributed by atoms with Crippen molar-refractivity contribution in [1.82, 2.24) is 19.9 Å². The number of aliphatic hydroxyl groups is 2. The van der Waals surface area contributed by atoms with Crippen LogP contribution in [0, 0.1) is 13.8 Å². The number of halogens is 4. The highest BCUT2D eigenvalue weighted by Gasteiger charge is 2.28. The predicted octanol–water partition coefficient (Wildman–Crippen LogP) is 8.64. The van der Waals surface area contributed by atoms with Crippen molar-refractivity contribution in [2.75, 3.05) is 13.2 Å². The largest absolute Gasteiger partial charge is 0.481 e. The molecule has 5 heterocycles. The zero-order valence-electron chi connectivity index (χ0n) is 26.7. The lowest BCUT2D eigenvalue weighted by atomic mass is 10.00. The van der Waals surface area contributed by atoms with Gasteiger partial charge in [0.1, 0.15) is 0 Å². The van der Waals surface area contributed by atoms with Crippen LogP contribution >= 0.6 is 63.7 Å². The Morgan fingerprint density at radius 2 is 0.938 bits per heavy atom. The van der Waals surface area contributed by atoms with Crippen LogP contribution in [0.5, 0.6) is 0 Å². The molecule has 0 atom stereocenters. The van der Waals surface area contributed by atoms with Crippen LogP contribution in [0.25, 0.3) is 44.4 Å². The summed E-state index contributed by atoms with van der Waals surface area (Å²) in [7, 11) is 0. The summed E-state index contributed by atoms with van der Waals surface area (Å²) >= 11 is 15.3. The first-order valence-electron chi connectivity index (χ1n) is 15.3. The van der Waals surface area contributed by atoms with E-state index in [9.17, 15) is 30.0 Å². The smallest absolute Gasteiger partial charge is 0.303 e. The van der Waals surface area contributed by atoms with Crippen LogP contribution in [0.1, 0.15) is 84.6 Å². The van der Waals surface area contributed by atoms with Crippen molar-refractivity contribution < 1.29 is 30.0 Å². The van der Waals surface area contributed by atoms with E-state index in [1.165, 1.54) is 0 Å². The van der Waals surface area contributed by atoms with E-state index in [2.05, 4.69) is 73.7 Å². The lowest BCUT2D eigenvalue weighted by molar-refractivity contribution is -0.137. The maximum Gasteiger partial charge on any atom is 0.303 e. The van der Waals surface area contributed by atoms with E-state index < -0.39 is 11.9 Å². The molecular weight excluding hydrogens is 880 g/mol. The second kappa shape index (κ2) is 14.7. The third-order valence-electron chi connectivity index (χ3n) is 9.00. The van der Waals surface area contributed by atoms with Gasteiger partial charge < -0.3 is 30.4 Å². The fourth-order valence-corrected chi connectivity index (χ4v) is 9.33. The van der Waals surface area contributed by atoms with Crippen LogP contribution in [-0.4, -0.2) is 65.5 Å². The number of aliphatic hydroxyl groups excluding tert-OH is 2. The van der Waals surface area contributed by atoms with Crippen molar-refractivity contribution in [1.29, 1.82) is 0 Å². The Bertz CT molecular complexity index is 2110. The normalized spacial score (nSPS) is 13.2. The lowest BCUT2D eigenvalue weighted by Crippen LogP contribution is -1.99. The molecule has 0 aliphatic carbocycles. The molecule has 254 valence electrons. The number of H-pyrrole nitrogens is 2. The van der Waals surface area contributed by atoms with E-state index in [1.54, 1.807) is 0 Å². The minimum absolute atomic E-state index is 0.0813. The number of aromatic nitrogens is 4. The molecule has 3 aromatic heterocycles. The van der Waals surface area contributed by atoms with Crippen molar-refractivity contribution in [2.45, 2.75) is 66.2 Å². The number of rotatable bonds is 10. The molecule has 10 nitrogen and oxygen atoms in total. The quantitative estimate of drug-likeness (QED) is 0.117. The first-order valence-corrected chi connectivity index (χ1v) is 18.4. The first kappa shape index (κ1) is 36.7. The van der Waals surface area contributed by atoms with Gasteiger partial charge in [0.2, 0.25) is 0 Å². The number of allylic oxidation sites excluding steroid dienone is 3. The molecule has 6 N–H and O–H groups in total. The van der Waals surface area contributed by atoms with Crippen LogP contribution < -0.4 is 0 Å². The molecule has 0 radical (unpaired) electrons. The molecule has 0 unspecified atom stereocenters. The fourth-order valence-electron chi connectivity index (χ4n) is 6.43. The van der Waals surface area contributed by atoms with Gasteiger partial charge in [-0.3, -0.25) is 9.59 Å². The monoisotopic (exact) mass is 910 g/mol. The third-order valence-corrected chi connectivity index (χ3v) is 12.1. The topological polar surface area (TPSA) is 172 Å². The SMILES string of the molecule is CC1=C(CCO)c2nc1c(Br)c1[nH]c(c(Br)c3nc(c(Br)c4[nH]c(c(C)c4CCO)c2Br)C(C)=C3CCC(=O)O)c(CCC(=O)O)c1C. The maximum absolute atomic E-state index is 11.7. The summed E-state index contributed by atoms with van der Waals surface area (Å²) in [5.41, 5.74) is 11.9. The molecule has 0 saturated carbocycles. The molecule has 0 saturated heterocycles. The molecule has 2 aliphatic heterocycles. The van der Waals surface area contributed by atoms with E-state index in [0.717, 1.165) is 50.1 Å². The van der Waals surface area contributed by atoms with E-state index in [1.807, 2.05) is 27.7 Å². The van der Waals surface area contributed by atoms with Gasteiger partial charge >= 0.3 is 11.9 Å². The second-order valence-corrected chi connectivity index (χ2v) is 14.9. The standard InChI is InChI=1S/C34H34Br4N4O6/c1-13-17(5-7-21(45)46)31-26(38)32-18(6-8-22(47)48)14(2)29(41-32)24(36)34-20(10-12-44)16(4)30(42-34)25(37)33-19(9-11-43)15(3)28(40-33)23(35)27(13)39-31/h39,42-44H,5-12H2,1-4H3,(H,45,46)(H,47,48). The van der Waals surface area contributed by atoms with E-state index in [0.29, 0.717) is 70.1 Å². The number of aliphatic carboxylic acids is 2. The van der Waals surface area contributed by atoms with Gasteiger partial charge in [-0.05, 0) is 162 Å². The number of carbonyl (C=O) groups is 2. The molecular formula is C34H34Br4N4O6. The average Bonchev–Trinajstić information content (AvgIpc) is 3.75. The summed E-state index contributed by atoms with van der Waals surface area (Å²) in [6.07, 6.45) is 0.968. The van der Waals surface area contributed by atoms with Crippen LogP contribution in [0.2, 0.25) is 0 Å². The summed E-state index contributed by atoms with van der Waals surface area (Å²) in [6, 6.07) is 0. The van der Waals surface area contributed by atoms with Gasteiger partial charge in [0.05, 0.1) is 62.7 Å². The van der Waals surface area contributed by atoms with Gasteiger partial charge in [0.15, 0.2) is 0 Å². The van der Waals surface area contributed by atoms with Crippen LogP contribution in [0.4, 0.5) is 0 Å². The second-order valence-electron chi connectivity index (χ2n) is 11.8. The molecule has 2 aliphatic rings. The Kier molecular flexibility index (Phi) is 11.2. The highest BCUT2D eigenvalue weighted by molar-refractivity contribution is 9.11. The molecule has 3 aromatic rings. The summed E-state index contributed by atoms with van der Waals surface area (Å²) in [5, 5.41) is 39.4. The van der Waals surface area contributed by atoms with Crippen molar-refractivity contribution in [2.24, 2.45) is 0 Å². The van der Waals surface area contributed by atoms with Gasteiger partial charge in [0.25, 0.3) is 0 Å². The van der Waals surface area contributed by atoms with Gasteiger partial charge in [-0.25, -0.2) is 9.97 Å². The van der Waals surface area contributed by atoms with Gasteiger partial charge in [0, 0.05) is 26.1 Å². The zero-order valence-corrected chi connectivity index (χ0v) is 33.0.